The van der Waals surface area contributed by atoms with Crippen molar-refractivity contribution in [3.63, 3.8) is 0 Å². The fraction of sp³-hybridized carbons (Fsp3) is 0.769. The van der Waals surface area contributed by atoms with E-state index in [0.717, 1.165) is 0 Å². The number of carbonyl (C=O) groups excluding carboxylic acids is 3. The highest BCUT2D eigenvalue weighted by Gasteiger charge is 2.31. The Kier molecular flexibility index (Phi) is 7.82. The zero-order valence-corrected chi connectivity index (χ0v) is 13.1. The number of aliphatic hydroxyl groups is 1. The Morgan fingerprint density at radius 1 is 1.27 bits per heavy atom. The zero-order chi connectivity index (χ0) is 17.5. The smallest absolute Gasteiger partial charge is 0.410 e. The van der Waals surface area contributed by atoms with Gasteiger partial charge >= 0.3 is 6.09 Å². The minimum Gasteiger partial charge on any atom is -0.543 e. The summed E-state index contributed by atoms with van der Waals surface area (Å²) in [5.41, 5.74) is -0.476. The molecule has 0 aromatic rings. The second kappa shape index (κ2) is 8.54. The van der Waals surface area contributed by atoms with Gasteiger partial charge in [-0.15, -0.1) is 0 Å². The number of carbonyl (C=O) groups is 3. The predicted octanol–water partition coefficient (Wildman–Crippen LogP) is -2.94. The Morgan fingerprint density at radius 2 is 1.77 bits per heavy atom. The van der Waals surface area contributed by atoms with Gasteiger partial charge in [0, 0.05) is 25.2 Å². The van der Waals surface area contributed by atoms with Gasteiger partial charge in [-0.2, -0.15) is 0 Å². The molecule has 0 radical (unpaired) electrons. The van der Waals surface area contributed by atoms with Gasteiger partial charge in [0.05, 0.1) is 18.5 Å². The molecule has 1 fully saturated rings. The molecule has 22 heavy (non-hydrogen) atoms. The molecule has 1 heterocycles. The highest BCUT2D eigenvalue weighted by Crippen LogP contribution is 2.14. The van der Waals surface area contributed by atoms with E-state index in [1.807, 2.05) is 27.7 Å². The number of hydrogen-bond donors (Lipinski definition) is 2. The van der Waals surface area contributed by atoms with Gasteiger partial charge < -0.3 is 39.9 Å². The van der Waals surface area contributed by atoms with Gasteiger partial charge in [0.15, 0.2) is 0 Å². The number of carboxylic acid groups (broad SMARTS) is 2. The normalized spacial score (nSPS) is 21.4. The molecule has 0 aliphatic carbocycles. The van der Waals surface area contributed by atoms with Crippen LogP contribution in [0.15, 0.2) is 0 Å². The summed E-state index contributed by atoms with van der Waals surface area (Å²) in [4.78, 5) is 31.4. The first kappa shape index (κ1) is 20.1. The van der Waals surface area contributed by atoms with Crippen LogP contribution < -0.4 is 15.5 Å². The molecule has 1 aliphatic heterocycles. The minimum atomic E-state index is -2.19. The van der Waals surface area contributed by atoms with Crippen LogP contribution in [0.1, 0.15) is 27.7 Å². The van der Waals surface area contributed by atoms with Crippen molar-refractivity contribution < 1.29 is 34.4 Å². The number of aliphatic hydroxyl groups excluding tert-OH is 1. The number of amides is 1. The number of aliphatic carboxylic acids is 2. The van der Waals surface area contributed by atoms with Crippen molar-refractivity contribution in [3.05, 3.63) is 0 Å². The Hall–Kier alpha value is -1.87. The molecular formula is C13H22N2O7-2. The van der Waals surface area contributed by atoms with Crippen LogP contribution in [0.25, 0.3) is 0 Å². The van der Waals surface area contributed by atoms with Gasteiger partial charge in [0.25, 0.3) is 0 Å². The molecule has 1 rings (SSSR count). The molecule has 1 aliphatic rings. The van der Waals surface area contributed by atoms with E-state index in [1.54, 1.807) is 4.90 Å². The van der Waals surface area contributed by atoms with Crippen LogP contribution in [-0.2, 0) is 14.3 Å². The first-order valence-corrected chi connectivity index (χ1v) is 6.74. The van der Waals surface area contributed by atoms with Gasteiger partial charge in [-0.25, -0.2) is 4.79 Å². The molecule has 0 saturated carbocycles. The SMILES string of the molecule is CC1CNC(CO)CN1C(=O)OC(C)(C)C.O=C([O-])C(=O)[O-]. The lowest BCUT2D eigenvalue weighted by Crippen LogP contribution is -2.59. The first-order chi connectivity index (χ1) is 9.97. The highest BCUT2D eigenvalue weighted by molar-refractivity contribution is 6.25. The molecule has 9 heteroatoms. The zero-order valence-electron chi connectivity index (χ0n) is 13.1. The minimum absolute atomic E-state index is 0.0337. The van der Waals surface area contributed by atoms with E-state index in [1.165, 1.54) is 0 Å². The summed E-state index contributed by atoms with van der Waals surface area (Å²) in [6.07, 6.45) is -0.306. The predicted molar refractivity (Wildman–Crippen MR) is 71.3 cm³/mol. The van der Waals surface area contributed by atoms with Crippen molar-refractivity contribution in [2.24, 2.45) is 0 Å². The molecule has 0 aromatic heterocycles. The number of hydrogen-bond acceptors (Lipinski definition) is 8. The van der Waals surface area contributed by atoms with E-state index < -0.39 is 17.5 Å². The molecule has 9 nitrogen and oxygen atoms in total. The van der Waals surface area contributed by atoms with Gasteiger partial charge in [0.1, 0.15) is 5.60 Å². The molecule has 0 spiro atoms. The van der Waals surface area contributed by atoms with Crippen LogP contribution >= 0.6 is 0 Å². The first-order valence-electron chi connectivity index (χ1n) is 6.74. The van der Waals surface area contributed by atoms with E-state index in [4.69, 9.17) is 29.6 Å². The number of carboxylic acids is 2. The van der Waals surface area contributed by atoms with E-state index in [0.29, 0.717) is 13.1 Å². The number of ether oxygens (including phenoxy) is 1. The molecule has 2 unspecified atom stereocenters. The van der Waals surface area contributed by atoms with E-state index in [2.05, 4.69) is 5.32 Å². The van der Waals surface area contributed by atoms with Gasteiger partial charge in [0.2, 0.25) is 0 Å². The second-order valence-corrected chi connectivity index (χ2v) is 5.84. The van der Waals surface area contributed by atoms with Crippen molar-refractivity contribution >= 4 is 18.0 Å². The average molecular weight is 318 g/mol. The quantitative estimate of drug-likeness (QED) is 0.489. The Labute approximate surface area is 128 Å². The average Bonchev–Trinajstić information content (AvgIpc) is 2.37. The van der Waals surface area contributed by atoms with Crippen molar-refractivity contribution in [2.45, 2.75) is 45.4 Å². The second-order valence-electron chi connectivity index (χ2n) is 5.84. The number of rotatable bonds is 1. The van der Waals surface area contributed by atoms with Gasteiger partial charge in [-0.05, 0) is 27.7 Å². The van der Waals surface area contributed by atoms with E-state index >= 15 is 0 Å². The highest BCUT2D eigenvalue weighted by atomic mass is 16.6. The summed E-state index contributed by atoms with van der Waals surface area (Å²) in [6.45, 7) is 8.72. The van der Waals surface area contributed by atoms with Gasteiger partial charge in [-0.3, -0.25) is 0 Å². The fourth-order valence-electron chi connectivity index (χ4n) is 1.63. The van der Waals surface area contributed by atoms with Crippen LogP contribution in [0.4, 0.5) is 4.79 Å². The Balaban J connectivity index is 0.000000626. The van der Waals surface area contributed by atoms with Crippen molar-refractivity contribution in [1.82, 2.24) is 10.2 Å². The molecule has 2 atom stereocenters. The molecule has 1 amide bonds. The van der Waals surface area contributed by atoms with Crippen LogP contribution in [-0.4, -0.2) is 65.4 Å². The lowest BCUT2D eigenvalue weighted by Gasteiger charge is -2.38. The Morgan fingerprint density at radius 3 is 2.14 bits per heavy atom. The summed E-state index contributed by atoms with van der Waals surface area (Å²) in [5.74, 6) is -4.37. The summed E-state index contributed by atoms with van der Waals surface area (Å²) in [7, 11) is 0. The molecule has 0 bridgehead atoms. The van der Waals surface area contributed by atoms with E-state index in [-0.39, 0.29) is 24.8 Å². The van der Waals surface area contributed by atoms with Gasteiger partial charge in [-0.1, -0.05) is 0 Å². The topological polar surface area (TPSA) is 142 Å². The van der Waals surface area contributed by atoms with Crippen LogP contribution in [0.3, 0.4) is 0 Å². The van der Waals surface area contributed by atoms with Crippen molar-refractivity contribution in [3.8, 4) is 0 Å². The third-order valence-electron chi connectivity index (χ3n) is 2.67. The lowest BCUT2D eigenvalue weighted by atomic mass is 10.1. The number of piperazine rings is 1. The molecular weight excluding hydrogens is 296 g/mol. The molecule has 128 valence electrons. The molecule has 1 saturated heterocycles. The standard InChI is InChI=1S/C11H22N2O3.C2H2O4/c1-8-5-12-9(7-14)6-13(8)10(15)16-11(2,3)4;3-1(4)2(5)6/h8-9,12,14H,5-7H2,1-4H3;(H,3,4)(H,5,6)/p-2. The fourth-order valence-corrected chi connectivity index (χ4v) is 1.63. The van der Waals surface area contributed by atoms with Crippen molar-refractivity contribution in [2.75, 3.05) is 19.7 Å². The maximum Gasteiger partial charge on any atom is 0.410 e. The lowest BCUT2D eigenvalue weighted by molar-refractivity contribution is -0.345. The van der Waals surface area contributed by atoms with Crippen LogP contribution in [0.2, 0.25) is 0 Å². The monoisotopic (exact) mass is 318 g/mol. The maximum absolute atomic E-state index is 11.9. The third-order valence-corrected chi connectivity index (χ3v) is 2.67. The Bertz CT molecular complexity index is 394. The maximum atomic E-state index is 11.9. The number of nitrogens with zero attached hydrogens (tertiary/aromatic N) is 1. The summed E-state index contributed by atoms with van der Waals surface area (Å²) in [5, 5.41) is 30.1. The van der Waals surface area contributed by atoms with Crippen LogP contribution in [0.5, 0.6) is 0 Å². The van der Waals surface area contributed by atoms with Crippen LogP contribution in [0, 0.1) is 0 Å². The number of nitrogens with one attached hydrogen (secondary N) is 1. The summed E-state index contributed by atoms with van der Waals surface area (Å²) >= 11 is 0. The van der Waals surface area contributed by atoms with E-state index in [9.17, 15) is 4.79 Å². The molecule has 2 N–H and O–H groups in total. The molecule has 0 aromatic carbocycles. The third kappa shape index (κ3) is 7.79. The largest absolute Gasteiger partial charge is 0.543 e. The summed E-state index contributed by atoms with van der Waals surface area (Å²) in [6, 6.07) is 0.0429. The summed E-state index contributed by atoms with van der Waals surface area (Å²) < 4.78 is 5.32. The van der Waals surface area contributed by atoms with Crippen molar-refractivity contribution in [1.29, 1.82) is 0 Å².